The van der Waals surface area contributed by atoms with Gasteiger partial charge >= 0.3 is 0 Å². The second-order valence-electron chi connectivity index (χ2n) is 2.97. The molecule has 1 saturated carbocycles. The molecule has 0 aromatic carbocycles. The van der Waals surface area contributed by atoms with Crippen LogP contribution in [-0.4, -0.2) is 12.1 Å². The van der Waals surface area contributed by atoms with Gasteiger partial charge < -0.3 is 11.5 Å². The normalized spacial score (nSPS) is 31.1. The lowest BCUT2D eigenvalue weighted by molar-refractivity contribution is 0.500. The smallest absolute Gasteiger partial charge is 0.0192 e. The minimum Gasteiger partial charge on any atom is -0.326 e. The van der Waals surface area contributed by atoms with Gasteiger partial charge in [0.2, 0.25) is 0 Å². The highest BCUT2D eigenvalue weighted by atomic mass is 35.5. The average Bonchev–Trinajstić information content (AvgIpc) is 1.99. The lowest BCUT2D eigenvalue weighted by atomic mass is 10.1. The van der Waals surface area contributed by atoms with Crippen LogP contribution in [0, 0.1) is 0 Å². The molecule has 4 heteroatoms. The summed E-state index contributed by atoms with van der Waals surface area (Å²) >= 11 is 0. The SMILES string of the molecule is Cl.Cl.NC1CCCCCC1N. The third kappa shape index (κ3) is 4.86. The molecule has 11 heavy (non-hydrogen) atoms. The zero-order valence-corrected chi connectivity index (χ0v) is 8.29. The van der Waals surface area contributed by atoms with Crippen molar-refractivity contribution in [3.8, 4) is 0 Å². The van der Waals surface area contributed by atoms with Gasteiger partial charge in [-0.15, -0.1) is 24.8 Å². The van der Waals surface area contributed by atoms with Crippen molar-refractivity contribution >= 4 is 24.8 Å². The molecular formula is C7H18Cl2N2. The third-order valence-electron chi connectivity index (χ3n) is 2.12. The summed E-state index contributed by atoms with van der Waals surface area (Å²) in [7, 11) is 0. The van der Waals surface area contributed by atoms with E-state index in [1.807, 2.05) is 0 Å². The molecule has 2 unspecified atom stereocenters. The molecule has 2 nitrogen and oxygen atoms in total. The van der Waals surface area contributed by atoms with Gasteiger partial charge in [-0.3, -0.25) is 0 Å². The van der Waals surface area contributed by atoms with Crippen LogP contribution in [0.25, 0.3) is 0 Å². The first-order chi connectivity index (χ1) is 4.30. The number of hydrogen-bond acceptors (Lipinski definition) is 2. The van der Waals surface area contributed by atoms with Crippen LogP contribution < -0.4 is 11.5 Å². The van der Waals surface area contributed by atoms with E-state index in [0.717, 1.165) is 12.8 Å². The van der Waals surface area contributed by atoms with Gasteiger partial charge in [-0.1, -0.05) is 19.3 Å². The Morgan fingerprint density at radius 1 is 0.727 bits per heavy atom. The van der Waals surface area contributed by atoms with Crippen LogP contribution in [0.4, 0.5) is 0 Å². The molecular weight excluding hydrogens is 183 g/mol. The zero-order valence-electron chi connectivity index (χ0n) is 6.66. The summed E-state index contributed by atoms with van der Waals surface area (Å²) in [6.07, 6.45) is 6.12. The van der Waals surface area contributed by atoms with E-state index in [1.165, 1.54) is 19.3 Å². The van der Waals surface area contributed by atoms with Gasteiger partial charge in [0.25, 0.3) is 0 Å². The first-order valence-electron chi connectivity index (χ1n) is 3.82. The third-order valence-corrected chi connectivity index (χ3v) is 2.12. The summed E-state index contributed by atoms with van der Waals surface area (Å²) in [5, 5.41) is 0. The summed E-state index contributed by atoms with van der Waals surface area (Å²) in [6, 6.07) is 0.542. The molecule has 0 radical (unpaired) electrons. The first kappa shape index (κ1) is 14.0. The topological polar surface area (TPSA) is 52.0 Å². The van der Waals surface area contributed by atoms with E-state index in [0.29, 0.717) is 0 Å². The summed E-state index contributed by atoms with van der Waals surface area (Å²) in [4.78, 5) is 0. The fourth-order valence-corrected chi connectivity index (χ4v) is 1.37. The molecule has 0 aromatic rings. The Bertz CT molecular complexity index is 80.5. The highest BCUT2D eigenvalue weighted by Gasteiger charge is 2.15. The Labute approximate surface area is 80.9 Å². The molecule has 0 spiro atoms. The van der Waals surface area contributed by atoms with Gasteiger partial charge in [-0.2, -0.15) is 0 Å². The molecule has 1 rings (SSSR count). The number of hydrogen-bond donors (Lipinski definition) is 2. The second-order valence-corrected chi connectivity index (χ2v) is 2.97. The van der Waals surface area contributed by atoms with Crippen molar-refractivity contribution in [1.82, 2.24) is 0 Å². The molecule has 1 aliphatic carbocycles. The maximum Gasteiger partial charge on any atom is 0.0192 e. The number of halogens is 2. The van der Waals surface area contributed by atoms with Gasteiger partial charge in [0.15, 0.2) is 0 Å². The molecule has 2 atom stereocenters. The van der Waals surface area contributed by atoms with Crippen molar-refractivity contribution in [3.63, 3.8) is 0 Å². The lowest BCUT2D eigenvalue weighted by Crippen LogP contribution is -2.40. The summed E-state index contributed by atoms with van der Waals surface area (Å²) < 4.78 is 0. The van der Waals surface area contributed by atoms with Gasteiger partial charge in [0.05, 0.1) is 0 Å². The van der Waals surface area contributed by atoms with Crippen LogP contribution in [0.5, 0.6) is 0 Å². The predicted molar refractivity (Wildman–Crippen MR) is 53.5 cm³/mol. The monoisotopic (exact) mass is 200 g/mol. The molecule has 0 bridgehead atoms. The Kier molecular flexibility index (Phi) is 9.15. The summed E-state index contributed by atoms with van der Waals surface area (Å²) in [5.74, 6) is 0. The highest BCUT2D eigenvalue weighted by Crippen LogP contribution is 2.14. The molecule has 0 saturated heterocycles. The summed E-state index contributed by atoms with van der Waals surface area (Å²) in [6.45, 7) is 0. The fraction of sp³-hybridized carbons (Fsp3) is 1.00. The molecule has 0 heterocycles. The van der Waals surface area contributed by atoms with E-state index in [1.54, 1.807) is 0 Å². The second kappa shape index (κ2) is 7.17. The van der Waals surface area contributed by atoms with E-state index in [-0.39, 0.29) is 36.9 Å². The van der Waals surface area contributed by atoms with Crippen molar-refractivity contribution in [2.45, 2.75) is 44.2 Å². The van der Waals surface area contributed by atoms with Gasteiger partial charge in [-0.25, -0.2) is 0 Å². The van der Waals surface area contributed by atoms with E-state index in [2.05, 4.69) is 0 Å². The van der Waals surface area contributed by atoms with Gasteiger partial charge in [-0.05, 0) is 12.8 Å². The Hall–Kier alpha value is 0.500. The molecule has 0 amide bonds. The van der Waals surface area contributed by atoms with E-state index < -0.39 is 0 Å². The minimum atomic E-state index is 0. The number of nitrogens with two attached hydrogens (primary N) is 2. The Balaban J connectivity index is 0. The van der Waals surface area contributed by atoms with Crippen LogP contribution in [0.2, 0.25) is 0 Å². The van der Waals surface area contributed by atoms with Crippen molar-refractivity contribution in [2.24, 2.45) is 11.5 Å². The van der Waals surface area contributed by atoms with Crippen molar-refractivity contribution in [2.75, 3.05) is 0 Å². The van der Waals surface area contributed by atoms with Crippen LogP contribution in [0.3, 0.4) is 0 Å². The molecule has 0 aromatic heterocycles. The molecule has 4 N–H and O–H groups in total. The van der Waals surface area contributed by atoms with Crippen LogP contribution in [-0.2, 0) is 0 Å². The molecule has 0 aliphatic heterocycles. The maximum absolute atomic E-state index is 5.75. The van der Waals surface area contributed by atoms with Crippen molar-refractivity contribution in [1.29, 1.82) is 0 Å². The average molecular weight is 201 g/mol. The Morgan fingerprint density at radius 2 is 1.09 bits per heavy atom. The molecule has 1 aliphatic rings. The molecule has 1 fully saturated rings. The first-order valence-corrected chi connectivity index (χ1v) is 3.82. The van der Waals surface area contributed by atoms with Crippen molar-refractivity contribution < 1.29 is 0 Å². The minimum absolute atomic E-state index is 0. The van der Waals surface area contributed by atoms with Crippen LogP contribution in [0.15, 0.2) is 0 Å². The van der Waals surface area contributed by atoms with Crippen LogP contribution >= 0.6 is 24.8 Å². The van der Waals surface area contributed by atoms with Gasteiger partial charge in [0, 0.05) is 12.1 Å². The predicted octanol–water partition coefficient (Wildman–Crippen LogP) is 1.45. The fourth-order valence-electron chi connectivity index (χ4n) is 1.37. The standard InChI is InChI=1S/C7H16N2.2ClH/c8-6-4-2-1-3-5-7(6)9;;/h6-7H,1-5,8-9H2;2*1H. The quantitative estimate of drug-likeness (QED) is 0.583. The summed E-state index contributed by atoms with van der Waals surface area (Å²) in [5.41, 5.74) is 11.5. The highest BCUT2D eigenvalue weighted by molar-refractivity contribution is 5.85. The number of rotatable bonds is 0. The zero-order chi connectivity index (χ0) is 6.69. The lowest BCUT2D eigenvalue weighted by Gasteiger charge is -2.14. The van der Waals surface area contributed by atoms with E-state index in [9.17, 15) is 0 Å². The molecule has 70 valence electrons. The largest absolute Gasteiger partial charge is 0.326 e. The maximum atomic E-state index is 5.75. The van der Waals surface area contributed by atoms with Crippen LogP contribution in [0.1, 0.15) is 32.1 Å². The van der Waals surface area contributed by atoms with Gasteiger partial charge in [0.1, 0.15) is 0 Å². The van der Waals surface area contributed by atoms with E-state index >= 15 is 0 Å². The Morgan fingerprint density at radius 3 is 1.45 bits per heavy atom. The van der Waals surface area contributed by atoms with E-state index in [4.69, 9.17) is 11.5 Å². The van der Waals surface area contributed by atoms with Crippen molar-refractivity contribution in [3.05, 3.63) is 0 Å².